The molecule has 1 amide bonds. The number of benzene rings is 1. The van der Waals surface area contributed by atoms with Crippen molar-refractivity contribution >= 4 is 28.0 Å². The third kappa shape index (κ3) is 3.57. The molecule has 28 heavy (non-hydrogen) atoms. The molecule has 1 aliphatic carbocycles. The first-order valence-corrected chi connectivity index (χ1v) is 10.1. The van der Waals surface area contributed by atoms with Gasteiger partial charge in [-0.2, -0.15) is 0 Å². The molecule has 2 heterocycles. The maximum atomic E-state index is 13.4. The number of carbonyl (C=O) groups excluding carboxylic acids is 2. The zero-order valence-electron chi connectivity index (χ0n) is 15.6. The number of thiophene rings is 1. The third-order valence-corrected chi connectivity index (χ3v) is 6.10. The first kappa shape index (κ1) is 18.4. The average molecular weight is 395 g/mol. The number of anilines is 1. The highest BCUT2D eigenvalue weighted by Crippen LogP contribution is 2.40. The van der Waals surface area contributed by atoms with E-state index in [-0.39, 0.29) is 18.2 Å². The van der Waals surface area contributed by atoms with Gasteiger partial charge >= 0.3 is 0 Å². The summed E-state index contributed by atoms with van der Waals surface area (Å²) in [5.74, 6) is 0.263. The van der Waals surface area contributed by atoms with Crippen molar-refractivity contribution in [3.05, 3.63) is 64.6 Å². The van der Waals surface area contributed by atoms with E-state index in [1.54, 1.807) is 42.5 Å². The van der Waals surface area contributed by atoms with Gasteiger partial charge in [-0.05, 0) is 43.4 Å². The Hall–Kier alpha value is -2.93. The number of hydrogen-bond acceptors (Lipinski definition) is 5. The van der Waals surface area contributed by atoms with Gasteiger partial charge in [0.05, 0.1) is 24.6 Å². The zero-order chi connectivity index (χ0) is 19.5. The van der Waals surface area contributed by atoms with E-state index in [9.17, 15) is 9.59 Å². The van der Waals surface area contributed by atoms with Crippen LogP contribution in [0.15, 0.2) is 43.0 Å². The van der Waals surface area contributed by atoms with Crippen LogP contribution in [0.4, 0.5) is 5.00 Å². The normalized spacial score (nSPS) is 13.0. The van der Waals surface area contributed by atoms with Crippen molar-refractivity contribution < 1.29 is 14.3 Å². The molecule has 7 heteroatoms. The Labute approximate surface area is 167 Å². The topological polar surface area (TPSA) is 73.2 Å². The second-order valence-corrected chi connectivity index (χ2v) is 7.83. The predicted octanol–water partition coefficient (Wildman–Crippen LogP) is 3.70. The molecule has 2 aromatic heterocycles. The maximum absolute atomic E-state index is 13.4. The molecule has 0 radical (unpaired) electrons. The molecule has 0 saturated heterocycles. The van der Waals surface area contributed by atoms with Crippen molar-refractivity contribution in [1.82, 2.24) is 9.55 Å². The first-order chi connectivity index (χ1) is 13.7. The molecular weight excluding hydrogens is 374 g/mol. The fraction of sp³-hybridized carbons (Fsp3) is 0.286. The van der Waals surface area contributed by atoms with Gasteiger partial charge in [0, 0.05) is 17.3 Å². The van der Waals surface area contributed by atoms with Crippen LogP contribution in [0.3, 0.4) is 0 Å². The lowest BCUT2D eigenvalue weighted by molar-refractivity contribution is -0.116. The van der Waals surface area contributed by atoms with E-state index in [0.29, 0.717) is 21.9 Å². The second kappa shape index (κ2) is 7.98. The van der Waals surface area contributed by atoms with Crippen LogP contribution >= 0.6 is 11.3 Å². The van der Waals surface area contributed by atoms with Gasteiger partial charge in [-0.1, -0.05) is 12.1 Å². The number of imidazole rings is 1. The number of nitrogens with one attached hydrogen (secondary N) is 1. The summed E-state index contributed by atoms with van der Waals surface area (Å²) in [6.07, 6.45) is 8.94. The molecule has 0 aliphatic heterocycles. The Morgan fingerprint density at radius 1 is 1.25 bits per heavy atom. The third-order valence-electron chi connectivity index (χ3n) is 4.89. The molecule has 6 nitrogen and oxygen atoms in total. The van der Waals surface area contributed by atoms with Gasteiger partial charge in [-0.25, -0.2) is 4.98 Å². The number of methoxy groups -OCH3 is 1. The molecule has 0 saturated carbocycles. The molecule has 0 unspecified atom stereocenters. The lowest BCUT2D eigenvalue weighted by atomic mass is 9.91. The highest BCUT2D eigenvalue weighted by Gasteiger charge is 2.28. The second-order valence-electron chi connectivity index (χ2n) is 6.73. The molecule has 4 rings (SSSR count). The zero-order valence-corrected chi connectivity index (χ0v) is 16.4. The number of rotatable bonds is 6. The minimum absolute atomic E-state index is 0.102. The van der Waals surface area contributed by atoms with Crippen LogP contribution in [0, 0.1) is 0 Å². The monoisotopic (exact) mass is 395 g/mol. The summed E-state index contributed by atoms with van der Waals surface area (Å²) in [7, 11) is 1.56. The lowest BCUT2D eigenvalue weighted by Gasteiger charge is -2.14. The quantitative estimate of drug-likeness (QED) is 0.646. The molecule has 0 atom stereocenters. The summed E-state index contributed by atoms with van der Waals surface area (Å²) < 4.78 is 7.08. The van der Waals surface area contributed by atoms with Crippen LogP contribution in [-0.4, -0.2) is 28.4 Å². The Bertz CT molecular complexity index is 1010. The number of carbonyl (C=O) groups is 2. The SMILES string of the molecule is COc1ccccc1C(=O)c1c(NC(=O)Cn2ccnc2)sc2c1CCCC2. The number of aromatic nitrogens is 2. The number of fused-ring (bicyclic) bond motifs is 1. The van der Waals surface area contributed by atoms with E-state index in [4.69, 9.17) is 4.74 Å². The Morgan fingerprint density at radius 3 is 2.86 bits per heavy atom. The summed E-state index contributed by atoms with van der Waals surface area (Å²) >= 11 is 1.52. The summed E-state index contributed by atoms with van der Waals surface area (Å²) in [6, 6.07) is 7.22. The van der Waals surface area contributed by atoms with Gasteiger partial charge in [0.15, 0.2) is 5.78 Å². The number of ether oxygens (including phenoxy) is 1. The van der Waals surface area contributed by atoms with Gasteiger partial charge in [0.25, 0.3) is 0 Å². The van der Waals surface area contributed by atoms with E-state index >= 15 is 0 Å². The fourth-order valence-electron chi connectivity index (χ4n) is 3.57. The lowest BCUT2D eigenvalue weighted by Crippen LogP contribution is -2.19. The van der Waals surface area contributed by atoms with Gasteiger partial charge in [-0.3, -0.25) is 9.59 Å². The fourth-order valence-corrected chi connectivity index (χ4v) is 4.88. The summed E-state index contributed by atoms with van der Waals surface area (Å²) in [5.41, 5.74) is 2.20. The molecule has 0 fully saturated rings. The summed E-state index contributed by atoms with van der Waals surface area (Å²) in [6.45, 7) is 0.158. The molecule has 1 aliphatic rings. The molecule has 0 bridgehead atoms. The van der Waals surface area contributed by atoms with Gasteiger partial charge < -0.3 is 14.6 Å². The van der Waals surface area contributed by atoms with Crippen LogP contribution in [-0.2, 0) is 24.2 Å². The van der Waals surface area contributed by atoms with E-state index in [0.717, 1.165) is 31.2 Å². The van der Waals surface area contributed by atoms with E-state index in [1.807, 2.05) is 12.1 Å². The van der Waals surface area contributed by atoms with Crippen molar-refractivity contribution in [1.29, 1.82) is 0 Å². The van der Waals surface area contributed by atoms with E-state index < -0.39 is 0 Å². The van der Waals surface area contributed by atoms with Crippen LogP contribution in [0.5, 0.6) is 5.75 Å². The van der Waals surface area contributed by atoms with Gasteiger partial charge in [0.1, 0.15) is 17.3 Å². The molecule has 0 spiro atoms. The Kier molecular flexibility index (Phi) is 5.25. The predicted molar refractivity (Wildman–Crippen MR) is 108 cm³/mol. The molecule has 1 aromatic carbocycles. The standard InChI is InChI=1S/C21H21N3O3S/c1-27-16-8-4-2-6-14(16)20(26)19-15-7-3-5-9-17(15)28-21(19)23-18(25)12-24-11-10-22-13-24/h2,4,6,8,10-11,13H,3,5,7,9,12H2,1H3,(H,23,25). The van der Waals surface area contributed by atoms with E-state index in [2.05, 4.69) is 10.3 Å². The van der Waals surface area contributed by atoms with Gasteiger partial charge in [-0.15, -0.1) is 11.3 Å². The van der Waals surface area contributed by atoms with Crippen molar-refractivity contribution in [3.8, 4) is 5.75 Å². The number of aryl methyl sites for hydroxylation is 1. The van der Waals surface area contributed by atoms with Crippen molar-refractivity contribution in [2.75, 3.05) is 12.4 Å². The van der Waals surface area contributed by atoms with Crippen molar-refractivity contribution in [2.24, 2.45) is 0 Å². The number of ketones is 1. The number of nitrogens with zero attached hydrogens (tertiary/aromatic N) is 2. The van der Waals surface area contributed by atoms with Crippen molar-refractivity contribution in [3.63, 3.8) is 0 Å². The van der Waals surface area contributed by atoms with Crippen molar-refractivity contribution in [2.45, 2.75) is 32.2 Å². The highest BCUT2D eigenvalue weighted by atomic mass is 32.1. The maximum Gasteiger partial charge on any atom is 0.244 e. The minimum Gasteiger partial charge on any atom is -0.496 e. The number of amides is 1. The Balaban J connectivity index is 1.70. The average Bonchev–Trinajstić information content (AvgIpc) is 3.34. The summed E-state index contributed by atoms with van der Waals surface area (Å²) in [4.78, 5) is 31.1. The van der Waals surface area contributed by atoms with E-state index in [1.165, 1.54) is 16.2 Å². The van der Waals surface area contributed by atoms with Crippen LogP contribution < -0.4 is 10.1 Å². The smallest absolute Gasteiger partial charge is 0.244 e. The highest BCUT2D eigenvalue weighted by molar-refractivity contribution is 7.17. The largest absolute Gasteiger partial charge is 0.496 e. The molecule has 1 N–H and O–H groups in total. The first-order valence-electron chi connectivity index (χ1n) is 9.25. The minimum atomic E-state index is -0.175. The van der Waals surface area contributed by atoms with Gasteiger partial charge in [0.2, 0.25) is 5.91 Å². The molecular formula is C21H21N3O3S. The van der Waals surface area contributed by atoms with Crippen LogP contribution in [0.1, 0.15) is 39.2 Å². The molecule has 144 valence electrons. The van der Waals surface area contributed by atoms with Crippen LogP contribution in [0.2, 0.25) is 0 Å². The molecule has 3 aromatic rings. The number of para-hydroxylation sites is 1. The van der Waals surface area contributed by atoms with Crippen LogP contribution in [0.25, 0.3) is 0 Å². The number of hydrogen-bond donors (Lipinski definition) is 1. The summed E-state index contributed by atoms with van der Waals surface area (Å²) in [5, 5.41) is 3.60. The Morgan fingerprint density at radius 2 is 2.07 bits per heavy atom.